The minimum Gasteiger partial charge on any atom is -0.162 e. The zero-order valence-corrected chi connectivity index (χ0v) is 7.23. The molecule has 0 heterocycles. The van der Waals surface area contributed by atoms with Crippen LogP contribution in [0.2, 0.25) is 0 Å². The zero-order chi connectivity index (χ0) is 6.72. The molecule has 4 aliphatic rings. The van der Waals surface area contributed by atoms with Crippen LogP contribution in [-0.4, -0.2) is 11.5 Å². The molecule has 0 spiro atoms. The molecule has 4 saturated carbocycles. The first-order chi connectivity index (χ1) is 4.90. The predicted octanol–water partition coefficient (Wildman–Crippen LogP) is 2.39. The summed E-state index contributed by atoms with van der Waals surface area (Å²) in [6.07, 6.45) is 7.06. The van der Waals surface area contributed by atoms with Crippen LogP contribution in [0.1, 0.15) is 19.3 Å². The van der Waals surface area contributed by atoms with Gasteiger partial charge in [0, 0.05) is 5.25 Å². The van der Waals surface area contributed by atoms with Gasteiger partial charge in [-0.3, -0.25) is 0 Å². The summed E-state index contributed by atoms with van der Waals surface area (Å²) in [4.78, 5) is 0. The van der Waals surface area contributed by atoms with Gasteiger partial charge in [0.2, 0.25) is 0 Å². The van der Waals surface area contributed by atoms with Gasteiger partial charge >= 0.3 is 0 Å². The molecule has 4 rings (SSSR count). The first kappa shape index (κ1) is 5.93. The van der Waals surface area contributed by atoms with Gasteiger partial charge in [-0.1, -0.05) is 0 Å². The van der Waals surface area contributed by atoms with E-state index in [2.05, 4.69) is 18.0 Å². The number of fused-ring (bicyclic) bond motifs is 1. The minimum absolute atomic E-state index is 1.07. The summed E-state index contributed by atoms with van der Waals surface area (Å²) in [6.45, 7) is 0. The third-order valence-electron chi connectivity index (χ3n) is 3.91. The van der Waals surface area contributed by atoms with E-state index in [-0.39, 0.29) is 0 Å². The summed E-state index contributed by atoms with van der Waals surface area (Å²) in [6, 6.07) is 0. The maximum absolute atomic E-state index is 2.30. The fourth-order valence-electron chi connectivity index (χ4n) is 3.49. The van der Waals surface area contributed by atoms with Gasteiger partial charge in [0.1, 0.15) is 0 Å². The van der Waals surface area contributed by atoms with Crippen molar-refractivity contribution in [3.05, 3.63) is 0 Å². The second kappa shape index (κ2) is 1.74. The van der Waals surface area contributed by atoms with Crippen molar-refractivity contribution in [2.75, 3.05) is 6.26 Å². The van der Waals surface area contributed by atoms with Crippen molar-refractivity contribution >= 4 is 11.8 Å². The Balaban J connectivity index is 1.84. The lowest BCUT2D eigenvalue weighted by atomic mass is 9.85. The normalized spacial score (nSPS) is 62.7. The molecule has 1 heteroatoms. The Bertz CT molecular complexity index is 154. The SMILES string of the molecule is CSC1CC2CC3C(C2)C13. The van der Waals surface area contributed by atoms with E-state index in [0.717, 1.165) is 11.2 Å². The highest BCUT2D eigenvalue weighted by Gasteiger charge is 2.62. The number of thioether (sulfide) groups is 1. The third-order valence-corrected chi connectivity index (χ3v) is 5.02. The monoisotopic (exact) mass is 154 g/mol. The van der Waals surface area contributed by atoms with Crippen LogP contribution in [0.4, 0.5) is 0 Å². The van der Waals surface area contributed by atoms with E-state index in [0.29, 0.717) is 0 Å². The van der Waals surface area contributed by atoms with E-state index in [1.54, 1.807) is 19.3 Å². The Morgan fingerprint density at radius 2 is 1.80 bits per heavy atom. The molecule has 0 N–H and O–H groups in total. The molecule has 56 valence electrons. The lowest BCUT2D eigenvalue weighted by Crippen LogP contribution is -2.22. The Morgan fingerprint density at radius 3 is 2.20 bits per heavy atom. The molecule has 4 aliphatic carbocycles. The van der Waals surface area contributed by atoms with Crippen molar-refractivity contribution < 1.29 is 0 Å². The summed E-state index contributed by atoms with van der Waals surface area (Å²) in [5, 5.41) is 1.07. The van der Waals surface area contributed by atoms with Crippen molar-refractivity contribution in [2.24, 2.45) is 23.7 Å². The van der Waals surface area contributed by atoms with E-state index < -0.39 is 0 Å². The molecule has 0 aliphatic heterocycles. The highest BCUT2D eigenvalue weighted by Crippen LogP contribution is 2.68. The van der Waals surface area contributed by atoms with Gasteiger partial charge in [-0.25, -0.2) is 0 Å². The third kappa shape index (κ3) is 0.561. The second-order valence-corrected chi connectivity index (χ2v) is 5.33. The van der Waals surface area contributed by atoms with Crippen LogP contribution in [0.25, 0.3) is 0 Å². The topological polar surface area (TPSA) is 0 Å². The van der Waals surface area contributed by atoms with E-state index >= 15 is 0 Å². The molecule has 0 aromatic heterocycles. The summed E-state index contributed by atoms with van der Waals surface area (Å²) < 4.78 is 0. The molecule has 0 aromatic rings. The lowest BCUT2D eigenvalue weighted by Gasteiger charge is -2.28. The van der Waals surface area contributed by atoms with Gasteiger partial charge < -0.3 is 0 Å². The number of rotatable bonds is 1. The van der Waals surface area contributed by atoms with Crippen LogP contribution in [-0.2, 0) is 0 Å². The van der Waals surface area contributed by atoms with Crippen LogP contribution in [0.3, 0.4) is 0 Å². The molecule has 3 unspecified atom stereocenters. The van der Waals surface area contributed by atoms with Crippen LogP contribution >= 0.6 is 11.8 Å². The summed E-state index contributed by atoms with van der Waals surface area (Å²) in [5.74, 6) is 4.74. The van der Waals surface area contributed by atoms with Gasteiger partial charge in [-0.15, -0.1) is 0 Å². The maximum atomic E-state index is 2.30. The van der Waals surface area contributed by atoms with Gasteiger partial charge in [0.25, 0.3) is 0 Å². The van der Waals surface area contributed by atoms with Crippen LogP contribution < -0.4 is 0 Å². The Hall–Kier alpha value is 0.350. The van der Waals surface area contributed by atoms with Crippen LogP contribution in [0.5, 0.6) is 0 Å². The highest BCUT2D eigenvalue weighted by atomic mass is 32.2. The average Bonchev–Trinajstić information content (AvgIpc) is 2.55. The molecule has 0 radical (unpaired) electrons. The fourth-order valence-corrected chi connectivity index (χ4v) is 4.67. The predicted molar refractivity (Wildman–Crippen MR) is 45.1 cm³/mol. The van der Waals surface area contributed by atoms with Gasteiger partial charge in [-0.2, -0.15) is 11.8 Å². The summed E-state index contributed by atoms with van der Waals surface area (Å²) in [7, 11) is 0. The second-order valence-electron chi connectivity index (χ2n) is 4.25. The molecule has 3 atom stereocenters. The first-order valence-corrected chi connectivity index (χ1v) is 5.71. The highest BCUT2D eigenvalue weighted by molar-refractivity contribution is 7.99. The van der Waals surface area contributed by atoms with Crippen LogP contribution in [0, 0.1) is 23.7 Å². The Kier molecular flexibility index (Phi) is 1.03. The van der Waals surface area contributed by atoms with E-state index in [1.807, 2.05) is 0 Å². The van der Waals surface area contributed by atoms with Gasteiger partial charge in [0.05, 0.1) is 0 Å². The maximum Gasteiger partial charge on any atom is 0.00806 e. The quantitative estimate of drug-likeness (QED) is 0.559. The fraction of sp³-hybridized carbons (Fsp3) is 1.00. The van der Waals surface area contributed by atoms with Gasteiger partial charge in [0.15, 0.2) is 0 Å². The molecule has 4 fully saturated rings. The lowest BCUT2D eigenvalue weighted by molar-refractivity contribution is 0.326. The van der Waals surface area contributed by atoms with E-state index in [4.69, 9.17) is 0 Å². The molecule has 10 heavy (non-hydrogen) atoms. The molecule has 0 aromatic carbocycles. The largest absolute Gasteiger partial charge is 0.162 e. The van der Waals surface area contributed by atoms with Gasteiger partial charge in [-0.05, 0) is 49.2 Å². The standard InChI is InChI=1S/C9H14S/c1-10-8-4-5-2-6-7(3-5)9(6)8/h5-9H,2-4H2,1H3. The smallest absolute Gasteiger partial charge is 0.00806 e. The van der Waals surface area contributed by atoms with Crippen molar-refractivity contribution in [2.45, 2.75) is 24.5 Å². The molecule has 0 nitrogen and oxygen atoms in total. The number of hydrogen-bond acceptors (Lipinski definition) is 1. The molecule has 0 amide bonds. The van der Waals surface area contributed by atoms with E-state index in [9.17, 15) is 0 Å². The Morgan fingerprint density at radius 1 is 1.10 bits per heavy atom. The van der Waals surface area contributed by atoms with E-state index in [1.165, 1.54) is 17.8 Å². The van der Waals surface area contributed by atoms with Crippen molar-refractivity contribution in [3.63, 3.8) is 0 Å². The first-order valence-electron chi connectivity index (χ1n) is 4.43. The average molecular weight is 154 g/mol. The summed E-state index contributed by atoms with van der Waals surface area (Å²) in [5.41, 5.74) is 0. The van der Waals surface area contributed by atoms with Crippen LogP contribution in [0.15, 0.2) is 0 Å². The Labute approximate surface area is 66.8 Å². The minimum atomic E-state index is 1.07. The molecule has 4 bridgehead atoms. The zero-order valence-electron chi connectivity index (χ0n) is 6.42. The summed E-state index contributed by atoms with van der Waals surface area (Å²) >= 11 is 2.13. The number of hydrogen-bond donors (Lipinski definition) is 0. The van der Waals surface area contributed by atoms with Crippen molar-refractivity contribution in [1.82, 2.24) is 0 Å². The molecule has 0 saturated heterocycles. The molecular weight excluding hydrogens is 140 g/mol. The van der Waals surface area contributed by atoms with Crippen molar-refractivity contribution in [1.29, 1.82) is 0 Å². The van der Waals surface area contributed by atoms with Crippen molar-refractivity contribution in [3.8, 4) is 0 Å². The molecular formula is C9H14S.